The molecule has 0 saturated carbocycles. The van der Waals surface area contributed by atoms with E-state index in [2.05, 4.69) is 4.98 Å². The van der Waals surface area contributed by atoms with E-state index in [-0.39, 0.29) is 5.75 Å². The van der Waals surface area contributed by atoms with Gasteiger partial charge in [0.05, 0.1) is 10.5 Å². The Bertz CT molecular complexity index is 394. The number of aromatic nitrogens is 1. The van der Waals surface area contributed by atoms with E-state index in [0.717, 1.165) is 10.9 Å². The zero-order valence-corrected chi connectivity index (χ0v) is 6.39. The third-order valence-electron chi connectivity index (χ3n) is 1.64. The minimum absolute atomic E-state index is 0.238. The second-order valence-corrected chi connectivity index (χ2v) is 2.74. The van der Waals surface area contributed by atoms with Crippen LogP contribution in [0.5, 0.6) is 5.75 Å². The van der Waals surface area contributed by atoms with Gasteiger partial charge in [0.25, 0.3) is 0 Å². The molecule has 0 unspecified atom stereocenters. The van der Waals surface area contributed by atoms with Crippen LogP contribution in [0.3, 0.4) is 0 Å². The quantitative estimate of drug-likeness (QED) is 0.622. The van der Waals surface area contributed by atoms with Crippen LogP contribution in [0.1, 0.15) is 0 Å². The highest BCUT2D eigenvalue weighted by Crippen LogP contribution is 2.28. The van der Waals surface area contributed by atoms with Gasteiger partial charge in [-0.1, -0.05) is 17.7 Å². The fourth-order valence-corrected chi connectivity index (χ4v) is 1.33. The van der Waals surface area contributed by atoms with E-state index in [9.17, 15) is 5.11 Å². The van der Waals surface area contributed by atoms with Crippen LogP contribution in [0.2, 0.25) is 5.02 Å². The van der Waals surface area contributed by atoms with Crippen molar-refractivity contribution < 1.29 is 5.11 Å². The number of H-pyrrole nitrogens is 1. The summed E-state index contributed by atoms with van der Waals surface area (Å²) in [6.45, 7) is 0. The van der Waals surface area contributed by atoms with Crippen molar-refractivity contribution in [2.75, 3.05) is 0 Å². The summed E-state index contributed by atoms with van der Waals surface area (Å²) >= 11 is 5.83. The molecule has 0 fully saturated rings. The molecule has 1 heterocycles. The van der Waals surface area contributed by atoms with Crippen LogP contribution in [0.25, 0.3) is 10.9 Å². The van der Waals surface area contributed by atoms with Crippen LogP contribution >= 0.6 is 11.6 Å². The minimum atomic E-state index is 0.238. The first-order valence-corrected chi connectivity index (χ1v) is 3.61. The van der Waals surface area contributed by atoms with Gasteiger partial charge >= 0.3 is 0 Å². The number of hydrogen-bond donors (Lipinski definition) is 2. The van der Waals surface area contributed by atoms with E-state index < -0.39 is 0 Å². The maximum atomic E-state index is 9.25. The van der Waals surface area contributed by atoms with Crippen LogP contribution in [0.15, 0.2) is 24.4 Å². The second-order valence-electron chi connectivity index (χ2n) is 2.34. The van der Waals surface area contributed by atoms with Gasteiger partial charge in [-0.25, -0.2) is 0 Å². The number of fused-ring (bicyclic) bond motifs is 1. The van der Waals surface area contributed by atoms with Gasteiger partial charge in [-0.15, -0.1) is 0 Å². The van der Waals surface area contributed by atoms with E-state index >= 15 is 0 Å². The molecule has 2 rings (SSSR count). The third kappa shape index (κ3) is 0.870. The first-order valence-electron chi connectivity index (χ1n) is 3.23. The van der Waals surface area contributed by atoms with Crippen molar-refractivity contribution in [3.05, 3.63) is 29.4 Å². The molecule has 0 saturated heterocycles. The van der Waals surface area contributed by atoms with E-state index in [4.69, 9.17) is 11.6 Å². The van der Waals surface area contributed by atoms with E-state index in [1.165, 1.54) is 6.20 Å². The monoisotopic (exact) mass is 167 g/mol. The highest BCUT2D eigenvalue weighted by molar-refractivity contribution is 6.35. The Morgan fingerprint density at radius 2 is 2.18 bits per heavy atom. The molecule has 2 N–H and O–H groups in total. The zero-order valence-electron chi connectivity index (χ0n) is 5.63. The minimum Gasteiger partial charge on any atom is -0.506 e. The predicted octanol–water partition coefficient (Wildman–Crippen LogP) is 2.53. The van der Waals surface area contributed by atoms with Crippen LogP contribution in [-0.4, -0.2) is 10.1 Å². The molecule has 1 aromatic carbocycles. The molecule has 0 atom stereocenters. The summed E-state index contributed by atoms with van der Waals surface area (Å²) < 4.78 is 0. The molecule has 11 heavy (non-hydrogen) atoms. The van der Waals surface area contributed by atoms with E-state index in [1.807, 2.05) is 6.07 Å². The molecule has 0 aliphatic rings. The standard InChI is InChI=1S/C8H6ClNO/c9-6-3-1-2-5-7(11)4-10-8(5)6/h1-4,10-11H. The molecule has 0 spiro atoms. The van der Waals surface area contributed by atoms with Crippen LogP contribution in [0.4, 0.5) is 0 Å². The fraction of sp³-hybridized carbons (Fsp3) is 0. The summed E-state index contributed by atoms with van der Waals surface area (Å²) in [6, 6.07) is 5.39. The van der Waals surface area contributed by atoms with Crippen molar-refractivity contribution in [1.29, 1.82) is 0 Å². The van der Waals surface area contributed by atoms with Gasteiger partial charge < -0.3 is 10.1 Å². The number of benzene rings is 1. The number of aromatic amines is 1. The lowest BCUT2D eigenvalue weighted by atomic mass is 10.2. The number of para-hydroxylation sites is 1. The van der Waals surface area contributed by atoms with Crippen molar-refractivity contribution >= 4 is 22.5 Å². The lowest BCUT2D eigenvalue weighted by Crippen LogP contribution is -1.67. The lowest BCUT2D eigenvalue weighted by molar-refractivity contribution is 0.481. The molecule has 0 aliphatic heterocycles. The molecule has 2 aromatic rings. The predicted molar refractivity (Wildman–Crippen MR) is 45.0 cm³/mol. The van der Waals surface area contributed by atoms with Crippen molar-refractivity contribution in [1.82, 2.24) is 4.98 Å². The summed E-state index contributed by atoms with van der Waals surface area (Å²) in [5.74, 6) is 0.238. The van der Waals surface area contributed by atoms with Gasteiger partial charge in [-0.3, -0.25) is 0 Å². The largest absolute Gasteiger partial charge is 0.506 e. The molecule has 0 amide bonds. The normalized spacial score (nSPS) is 10.6. The van der Waals surface area contributed by atoms with Crippen LogP contribution in [0, 0.1) is 0 Å². The first kappa shape index (κ1) is 6.55. The van der Waals surface area contributed by atoms with Gasteiger partial charge in [-0.05, 0) is 12.1 Å². The molecule has 56 valence electrons. The Morgan fingerprint density at radius 1 is 1.36 bits per heavy atom. The van der Waals surface area contributed by atoms with Gasteiger partial charge in [0.1, 0.15) is 5.75 Å². The smallest absolute Gasteiger partial charge is 0.140 e. The highest BCUT2D eigenvalue weighted by Gasteiger charge is 2.02. The molecular weight excluding hydrogens is 162 g/mol. The van der Waals surface area contributed by atoms with Crippen LogP contribution in [-0.2, 0) is 0 Å². The van der Waals surface area contributed by atoms with Gasteiger partial charge in [0.2, 0.25) is 0 Å². The first-order chi connectivity index (χ1) is 5.29. The van der Waals surface area contributed by atoms with Crippen molar-refractivity contribution in [3.8, 4) is 5.75 Å². The zero-order chi connectivity index (χ0) is 7.84. The fourth-order valence-electron chi connectivity index (χ4n) is 1.10. The Morgan fingerprint density at radius 3 is 2.91 bits per heavy atom. The number of halogens is 1. The molecular formula is C8H6ClNO. The summed E-state index contributed by atoms with van der Waals surface area (Å²) in [5.41, 5.74) is 0.784. The summed E-state index contributed by atoms with van der Waals surface area (Å²) in [7, 11) is 0. The van der Waals surface area contributed by atoms with Gasteiger partial charge in [0, 0.05) is 11.6 Å². The van der Waals surface area contributed by atoms with Crippen molar-refractivity contribution in [2.24, 2.45) is 0 Å². The molecule has 2 nitrogen and oxygen atoms in total. The number of aromatic hydroxyl groups is 1. The highest BCUT2D eigenvalue weighted by atomic mass is 35.5. The lowest BCUT2D eigenvalue weighted by Gasteiger charge is -1.91. The Hall–Kier alpha value is -1.15. The van der Waals surface area contributed by atoms with E-state index in [0.29, 0.717) is 5.02 Å². The van der Waals surface area contributed by atoms with Crippen molar-refractivity contribution in [2.45, 2.75) is 0 Å². The Balaban J connectivity index is 2.94. The summed E-state index contributed by atoms with van der Waals surface area (Å²) in [4.78, 5) is 2.87. The second kappa shape index (κ2) is 2.17. The summed E-state index contributed by atoms with van der Waals surface area (Å²) in [5, 5.41) is 10.6. The SMILES string of the molecule is Oc1c[nH]c2c(Cl)cccc12. The molecule has 0 radical (unpaired) electrons. The maximum absolute atomic E-state index is 9.25. The average Bonchev–Trinajstić information content (AvgIpc) is 2.35. The average molecular weight is 168 g/mol. The van der Waals surface area contributed by atoms with Crippen molar-refractivity contribution in [3.63, 3.8) is 0 Å². The molecule has 0 aliphatic carbocycles. The molecule has 3 heteroatoms. The Labute approximate surface area is 68.4 Å². The summed E-state index contributed by atoms with van der Waals surface area (Å²) in [6.07, 6.45) is 1.52. The molecule has 0 bridgehead atoms. The van der Waals surface area contributed by atoms with Crippen LogP contribution < -0.4 is 0 Å². The van der Waals surface area contributed by atoms with Gasteiger partial charge in [-0.2, -0.15) is 0 Å². The van der Waals surface area contributed by atoms with E-state index in [1.54, 1.807) is 12.1 Å². The molecule has 1 aromatic heterocycles. The number of nitrogens with one attached hydrogen (secondary N) is 1. The number of hydrogen-bond acceptors (Lipinski definition) is 1. The number of rotatable bonds is 0. The topological polar surface area (TPSA) is 36.0 Å². The van der Waals surface area contributed by atoms with Gasteiger partial charge in [0.15, 0.2) is 0 Å². The third-order valence-corrected chi connectivity index (χ3v) is 1.96. The Kier molecular flexibility index (Phi) is 1.29. The maximum Gasteiger partial charge on any atom is 0.140 e.